The maximum atomic E-state index is 12.9. The Balaban J connectivity index is 1.34. The maximum Gasteiger partial charge on any atom is 0.157 e. The maximum absolute atomic E-state index is 12.9. The lowest BCUT2D eigenvalue weighted by Crippen LogP contribution is -2.39. The van der Waals surface area contributed by atoms with Crippen molar-refractivity contribution in [2.24, 2.45) is 0 Å². The Labute approximate surface area is 340 Å². The molecule has 8 atom stereocenters. The highest BCUT2D eigenvalue weighted by atomic mass is 16.5. The third kappa shape index (κ3) is 6.18. The molecule has 0 saturated carbocycles. The number of ether oxygens (including phenoxy) is 3. The Morgan fingerprint density at radius 3 is 1.48 bits per heavy atom. The summed E-state index contributed by atoms with van der Waals surface area (Å²) in [6.45, 7) is 0. The summed E-state index contributed by atoms with van der Waals surface area (Å²) in [7, 11) is 0. The molecule has 15 nitrogen and oxygen atoms in total. The highest BCUT2D eigenvalue weighted by molar-refractivity contribution is 5.71. The summed E-state index contributed by atoms with van der Waals surface area (Å²) in [4.78, 5) is 0. The van der Waals surface area contributed by atoms with Gasteiger partial charge in [-0.2, -0.15) is 0 Å². The second-order valence-corrected chi connectivity index (χ2v) is 15.2. The molecule has 12 N–H and O–H groups in total. The number of aliphatic hydroxyl groups is 3. The van der Waals surface area contributed by atoms with Crippen molar-refractivity contribution < 1.29 is 75.5 Å². The number of phenols is 9. The van der Waals surface area contributed by atoms with Crippen molar-refractivity contribution >= 4 is 0 Å². The van der Waals surface area contributed by atoms with Crippen LogP contribution in [0.1, 0.15) is 74.7 Å². The fourth-order valence-electron chi connectivity index (χ4n) is 8.71. The number of hydrogen-bond acceptors (Lipinski definition) is 15. The van der Waals surface area contributed by atoms with Crippen molar-refractivity contribution in [3.63, 3.8) is 0 Å². The largest absolute Gasteiger partial charge is 0.508 e. The number of aliphatic hydroxyl groups excluding tert-OH is 3. The predicted octanol–water partition coefficient (Wildman–Crippen LogP) is 5.33. The van der Waals surface area contributed by atoms with Gasteiger partial charge in [-0.05, 0) is 65.2 Å². The molecule has 8 unspecified atom stereocenters. The number of benzene rings is 6. The highest BCUT2D eigenvalue weighted by Gasteiger charge is 2.50. The molecule has 3 aliphatic rings. The van der Waals surface area contributed by atoms with Gasteiger partial charge in [-0.1, -0.05) is 36.4 Å². The van der Waals surface area contributed by atoms with Crippen LogP contribution < -0.4 is 14.2 Å². The molecular formula is C45H38O15. The van der Waals surface area contributed by atoms with E-state index in [4.69, 9.17) is 14.2 Å². The first-order valence-electron chi connectivity index (χ1n) is 18.8. The standard InChI is InChI=1S/C45H38O15/c46-21-5-1-18(2-6-21)42-40(57)35(25-10-8-23(48)16-33(25)58-42)37-38(55)36-34(24-9-7-22(47)15-29(24)51)39(56)43(20-4-12-28(50)31(53)14-20)60-45(36)26-17-32(54)41(59-44(26)37)19-3-11-27(49)30(52)13-19/h1-16,32,34-35,39-43,46-57H,17H2. The minimum atomic E-state index is -1.66. The van der Waals surface area contributed by atoms with Crippen LogP contribution in [0.2, 0.25) is 0 Å². The molecule has 308 valence electrons. The van der Waals surface area contributed by atoms with E-state index in [2.05, 4.69) is 0 Å². The molecule has 0 saturated heterocycles. The zero-order valence-corrected chi connectivity index (χ0v) is 31.2. The van der Waals surface area contributed by atoms with E-state index in [9.17, 15) is 61.3 Å². The van der Waals surface area contributed by atoms with Crippen molar-refractivity contribution in [1.82, 2.24) is 0 Å². The summed E-state index contributed by atoms with van der Waals surface area (Å²) >= 11 is 0. The minimum Gasteiger partial charge on any atom is -0.508 e. The Kier molecular flexibility index (Phi) is 9.11. The predicted molar refractivity (Wildman–Crippen MR) is 209 cm³/mol. The van der Waals surface area contributed by atoms with E-state index in [0.717, 1.165) is 6.07 Å². The molecule has 3 heterocycles. The number of rotatable bonds is 5. The summed E-state index contributed by atoms with van der Waals surface area (Å²) < 4.78 is 19.5. The van der Waals surface area contributed by atoms with Gasteiger partial charge in [0.05, 0.1) is 6.10 Å². The molecule has 60 heavy (non-hydrogen) atoms. The van der Waals surface area contributed by atoms with E-state index < -0.39 is 83.0 Å². The third-order valence-electron chi connectivity index (χ3n) is 11.5. The summed E-state index contributed by atoms with van der Waals surface area (Å²) in [6.07, 6.45) is -8.65. The SMILES string of the molecule is Oc1ccc(C2Oc3cc(O)ccc3C(c3c(O)c4c(c5c3OC(c3ccc(O)c(O)c3)C(O)C5)OC(c3ccc(O)c(O)c3)C(O)C4c3ccc(O)cc3O)C2O)cc1. The van der Waals surface area contributed by atoms with E-state index in [1.165, 1.54) is 91.0 Å². The Morgan fingerprint density at radius 1 is 0.417 bits per heavy atom. The smallest absolute Gasteiger partial charge is 0.157 e. The lowest BCUT2D eigenvalue weighted by Gasteiger charge is -2.44. The Hall–Kier alpha value is -7.20. The number of aromatic hydroxyl groups is 9. The first kappa shape index (κ1) is 38.3. The van der Waals surface area contributed by atoms with Gasteiger partial charge in [0.2, 0.25) is 0 Å². The first-order chi connectivity index (χ1) is 28.7. The van der Waals surface area contributed by atoms with E-state index in [1.54, 1.807) is 0 Å². The van der Waals surface area contributed by atoms with Crippen LogP contribution in [-0.2, 0) is 6.42 Å². The Bertz CT molecular complexity index is 2660. The average molecular weight is 819 g/mol. The van der Waals surface area contributed by atoms with Crippen LogP contribution in [0.3, 0.4) is 0 Å². The molecule has 0 aliphatic carbocycles. The first-order valence-corrected chi connectivity index (χ1v) is 18.8. The minimum absolute atomic E-state index is 0.0218. The number of fused-ring (bicyclic) bond motifs is 4. The van der Waals surface area contributed by atoms with Crippen LogP contribution in [0.4, 0.5) is 0 Å². The molecule has 0 fully saturated rings. The third-order valence-corrected chi connectivity index (χ3v) is 11.5. The van der Waals surface area contributed by atoms with Gasteiger partial charge in [0.25, 0.3) is 0 Å². The molecule has 15 heteroatoms. The number of phenolic OH excluding ortho intramolecular Hbond substituents is 9. The van der Waals surface area contributed by atoms with Crippen molar-refractivity contribution in [2.45, 2.75) is 54.9 Å². The molecule has 6 aromatic rings. The van der Waals surface area contributed by atoms with Gasteiger partial charge in [0, 0.05) is 58.2 Å². The van der Waals surface area contributed by atoms with Gasteiger partial charge in [-0.3, -0.25) is 0 Å². The van der Waals surface area contributed by atoms with E-state index in [1.807, 2.05) is 0 Å². The molecule has 0 spiro atoms. The summed E-state index contributed by atoms with van der Waals surface area (Å²) in [5.74, 6) is -6.21. The molecule has 0 aromatic heterocycles. The quantitative estimate of drug-likeness (QED) is 0.0981. The van der Waals surface area contributed by atoms with Crippen molar-refractivity contribution in [3.05, 3.63) is 142 Å². The summed E-state index contributed by atoms with van der Waals surface area (Å²) in [5.41, 5.74) is 1.08. The molecular weight excluding hydrogens is 780 g/mol. The second kappa shape index (κ2) is 14.3. The fraction of sp³-hybridized carbons (Fsp3) is 0.200. The van der Waals surface area contributed by atoms with Crippen LogP contribution in [0.15, 0.2) is 97.1 Å². The zero-order chi connectivity index (χ0) is 42.3. The molecule has 6 aromatic carbocycles. The average Bonchev–Trinajstić information content (AvgIpc) is 3.21. The lowest BCUT2D eigenvalue weighted by molar-refractivity contribution is -0.00674. The van der Waals surface area contributed by atoms with Gasteiger partial charge in [0.15, 0.2) is 35.2 Å². The normalized spacial score (nSPS) is 24.2. The Morgan fingerprint density at radius 2 is 0.900 bits per heavy atom. The monoisotopic (exact) mass is 818 g/mol. The van der Waals surface area contributed by atoms with Crippen molar-refractivity contribution in [2.75, 3.05) is 0 Å². The van der Waals surface area contributed by atoms with Crippen LogP contribution in [0.5, 0.6) is 69.0 Å². The molecule has 0 amide bonds. The van der Waals surface area contributed by atoms with E-state index >= 15 is 0 Å². The van der Waals surface area contributed by atoms with Gasteiger partial charge in [0.1, 0.15) is 64.3 Å². The van der Waals surface area contributed by atoms with Gasteiger partial charge in [-0.15, -0.1) is 0 Å². The zero-order valence-electron chi connectivity index (χ0n) is 31.2. The van der Waals surface area contributed by atoms with Crippen molar-refractivity contribution in [3.8, 4) is 69.0 Å². The second-order valence-electron chi connectivity index (χ2n) is 15.2. The molecule has 9 rings (SSSR count). The van der Waals surface area contributed by atoms with Crippen LogP contribution in [0, 0.1) is 0 Å². The van der Waals surface area contributed by atoms with E-state index in [0.29, 0.717) is 5.56 Å². The van der Waals surface area contributed by atoms with E-state index in [-0.39, 0.29) is 79.9 Å². The number of hydrogen-bond donors (Lipinski definition) is 12. The lowest BCUT2D eigenvalue weighted by atomic mass is 9.73. The van der Waals surface area contributed by atoms with Crippen LogP contribution in [-0.4, -0.2) is 79.6 Å². The summed E-state index contributed by atoms with van der Waals surface area (Å²) in [6, 6.07) is 21.3. The van der Waals surface area contributed by atoms with Crippen LogP contribution >= 0.6 is 0 Å². The topological polar surface area (TPSA) is 270 Å². The van der Waals surface area contributed by atoms with Crippen LogP contribution in [0.25, 0.3) is 0 Å². The van der Waals surface area contributed by atoms with Gasteiger partial charge >= 0.3 is 0 Å². The fourth-order valence-corrected chi connectivity index (χ4v) is 8.71. The molecule has 0 radical (unpaired) electrons. The van der Waals surface area contributed by atoms with Gasteiger partial charge < -0.3 is 75.5 Å². The highest BCUT2D eigenvalue weighted by Crippen LogP contribution is 2.62. The van der Waals surface area contributed by atoms with Crippen molar-refractivity contribution in [1.29, 1.82) is 0 Å². The molecule has 0 bridgehead atoms. The molecule has 3 aliphatic heterocycles. The summed E-state index contributed by atoms with van der Waals surface area (Å²) in [5, 5.41) is 133. The van der Waals surface area contributed by atoms with Gasteiger partial charge in [-0.25, -0.2) is 0 Å².